The number of benzene rings is 3. The normalized spacial score (nSPS) is 19.3. The van der Waals surface area contributed by atoms with Crippen LogP contribution in [0.5, 0.6) is 0 Å². The summed E-state index contributed by atoms with van der Waals surface area (Å²) < 4.78 is 0. The molecule has 128 valence electrons. The molecule has 0 saturated carbocycles. The summed E-state index contributed by atoms with van der Waals surface area (Å²) in [6.07, 6.45) is 0. The maximum Gasteiger partial charge on any atom is 0.272 e. The van der Waals surface area contributed by atoms with Gasteiger partial charge in [0.1, 0.15) is 0 Å². The van der Waals surface area contributed by atoms with Gasteiger partial charge in [-0.25, -0.2) is 0 Å². The lowest BCUT2D eigenvalue weighted by Crippen LogP contribution is -2.55. The molecule has 4 heteroatoms. The minimum Gasteiger partial charge on any atom is -0.369 e. The van der Waals surface area contributed by atoms with Crippen LogP contribution >= 0.6 is 0 Å². The van der Waals surface area contributed by atoms with E-state index in [9.17, 15) is 14.7 Å². The van der Waals surface area contributed by atoms with Gasteiger partial charge in [0, 0.05) is 11.1 Å². The first kappa shape index (κ1) is 16.2. The minimum absolute atomic E-state index is 0.277. The van der Waals surface area contributed by atoms with Gasteiger partial charge in [-0.05, 0) is 17.7 Å². The van der Waals surface area contributed by atoms with Gasteiger partial charge >= 0.3 is 0 Å². The molecule has 0 fully saturated rings. The number of aliphatic hydroxyl groups is 1. The third kappa shape index (κ3) is 2.43. The molecular formula is C22H17NO3. The van der Waals surface area contributed by atoms with Crippen LogP contribution in [0.25, 0.3) is 0 Å². The molecule has 1 aliphatic heterocycles. The lowest BCUT2D eigenvalue weighted by atomic mass is 9.80. The van der Waals surface area contributed by atoms with Crippen LogP contribution in [0.15, 0.2) is 84.9 Å². The van der Waals surface area contributed by atoms with Crippen molar-refractivity contribution in [3.8, 4) is 0 Å². The molecule has 1 atom stereocenters. The first-order valence-corrected chi connectivity index (χ1v) is 8.40. The maximum absolute atomic E-state index is 13.3. The van der Waals surface area contributed by atoms with E-state index < -0.39 is 17.3 Å². The highest BCUT2D eigenvalue weighted by Gasteiger charge is 2.52. The van der Waals surface area contributed by atoms with Crippen LogP contribution in [-0.2, 0) is 16.9 Å². The zero-order chi connectivity index (χ0) is 18.1. The van der Waals surface area contributed by atoms with Gasteiger partial charge < -0.3 is 10.0 Å². The van der Waals surface area contributed by atoms with Crippen molar-refractivity contribution in [3.05, 3.63) is 102 Å². The van der Waals surface area contributed by atoms with Gasteiger partial charge in [-0.2, -0.15) is 0 Å². The van der Waals surface area contributed by atoms with E-state index in [4.69, 9.17) is 0 Å². The average molecular weight is 343 g/mol. The van der Waals surface area contributed by atoms with Gasteiger partial charge in [0.25, 0.3) is 5.91 Å². The van der Waals surface area contributed by atoms with Crippen LogP contribution in [0.1, 0.15) is 21.5 Å². The summed E-state index contributed by atoms with van der Waals surface area (Å²) in [6.45, 7) is 0.277. The van der Waals surface area contributed by atoms with E-state index >= 15 is 0 Å². The Morgan fingerprint density at radius 1 is 0.769 bits per heavy atom. The highest BCUT2D eigenvalue weighted by molar-refractivity contribution is 6.27. The van der Waals surface area contributed by atoms with Gasteiger partial charge in [0.2, 0.25) is 11.4 Å². The van der Waals surface area contributed by atoms with Gasteiger partial charge in [0.15, 0.2) is 0 Å². The van der Waals surface area contributed by atoms with Gasteiger partial charge in [-0.15, -0.1) is 0 Å². The van der Waals surface area contributed by atoms with Crippen molar-refractivity contribution in [3.63, 3.8) is 0 Å². The smallest absolute Gasteiger partial charge is 0.272 e. The summed E-state index contributed by atoms with van der Waals surface area (Å²) in [5.74, 6) is -1.22. The molecule has 1 heterocycles. The number of ketones is 1. The number of hydrogen-bond donors (Lipinski definition) is 1. The van der Waals surface area contributed by atoms with E-state index in [2.05, 4.69) is 0 Å². The summed E-state index contributed by atoms with van der Waals surface area (Å²) in [7, 11) is 0. The molecule has 26 heavy (non-hydrogen) atoms. The molecule has 1 amide bonds. The Balaban J connectivity index is 1.87. The molecule has 0 saturated heterocycles. The van der Waals surface area contributed by atoms with E-state index in [-0.39, 0.29) is 12.1 Å². The van der Waals surface area contributed by atoms with Gasteiger partial charge in [-0.1, -0.05) is 72.8 Å². The number of fused-ring (bicyclic) bond motifs is 1. The minimum atomic E-state index is -2.22. The molecule has 1 unspecified atom stereocenters. The summed E-state index contributed by atoms with van der Waals surface area (Å²) >= 11 is 0. The lowest BCUT2D eigenvalue weighted by Gasteiger charge is -2.38. The van der Waals surface area contributed by atoms with Crippen molar-refractivity contribution in [2.75, 3.05) is 4.90 Å². The molecule has 0 aliphatic carbocycles. The molecule has 3 aromatic rings. The molecule has 0 spiro atoms. The second-order valence-electron chi connectivity index (χ2n) is 6.30. The van der Waals surface area contributed by atoms with Crippen LogP contribution in [0.3, 0.4) is 0 Å². The fourth-order valence-corrected chi connectivity index (χ4v) is 3.35. The predicted molar refractivity (Wildman–Crippen MR) is 98.7 cm³/mol. The Morgan fingerprint density at radius 3 is 2.04 bits per heavy atom. The summed E-state index contributed by atoms with van der Waals surface area (Å²) in [6, 6.07) is 24.8. The standard InChI is InChI=1S/C22H17NO3/c24-20-18-13-7-8-14-19(18)23(15-16-9-3-1-4-10-16)21(25)22(20,26)17-11-5-2-6-12-17/h1-14,26H,15H2. The molecule has 4 rings (SSSR count). The van der Waals surface area contributed by atoms with E-state index in [1.165, 1.54) is 4.90 Å². The van der Waals surface area contributed by atoms with E-state index in [1.54, 1.807) is 54.6 Å². The number of anilines is 1. The summed E-state index contributed by atoms with van der Waals surface area (Å²) in [4.78, 5) is 27.8. The first-order valence-electron chi connectivity index (χ1n) is 8.40. The molecule has 3 aromatic carbocycles. The Bertz CT molecular complexity index is 969. The molecule has 1 aliphatic rings. The first-order chi connectivity index (χ1) is 12.6. The van der Waals surface area contributed by atoms with Crippen LogP contribution in [-0.4, -0.2) is 16.8 Å². The number of amides is 1. The second-order valence-corrected chi connectivity index (χ2v) is 6.30. The molecule has 0 bridgehead atoms. The zero-order valence-corrected chi connectivity index (χ0v) is 14.0. The Morgan fingerprint density at radius 2 is 1.35 bits per heavy atom. The van der Waals surface area contributed by atoms with Crippen molar-refractivity contribution < 1.29 is 14.7 Å². The number of Topliss-reactive ketones (excluding diaryl/α,β-unsaturated/α-hetero) is 1. The lowest BCUT2D eigenvalue weighted by molar-refractivity contribution is -0.133. The van der Waals surface area contributed by atoms with Crippen LogP contribution in [0.4, 0.5) is 5.69 Å². The SMILES string of the molecule is O=C1c2ccccc2N(Cc2ccccc2)C(=O)C1(O)c1ccccc1. The van der Waals surface area contributed by atoms with E-state index in [0.29, 0.717) is 11.3 Å². The monoisotopic (exact) mass is 343 g/mol. The Labute approximate surface area is 151 Å². The maximum atomic E-state index is 13.3. The van der Waals surface area contributed by atoms with Crippen molar-refractivity contribution in [2.24, 2.45) is 0 Å². The predicted octanol–water partition coefficient (Wildman–Crippen LogP) is 3.30. The highest BCUT2D eigenvalue weighted by Crippen LogP contribution is 2.39. The van der Waals surface area contributed by atoms with Crippen LogP contribution in [0, 0.1) is 0 Å². The topological polar surface area (TPSA) is 57.6 Å². The second kappa shape index (κ2) is 6.24. The molecule has 0 radical (unpaired) electrons. The quantitative estimate of drug-likeness (QED) is 0.743. The third-order valence-electron chi connectivity index (χ3n) is 4.70. The fraction of sp³-hybridized carbons (Fsp3) is 0.0909. The van der Waals surface area contributed by atoms with Gasteiger partial charge in [-0.3, -0.25) is 9.59 Å². The number of nitrogens with zero attached hydrogens (tertiary/aromatic N) is 1. The molecular weight excluding hydrogens is 326 g/mol. The van der Waals surface area contributed by atoms with E-state index in [0.717, 1.165) is 5.56 Å². The van der Waals surface area contributed by atoms with E-state index in [1.807, 2.05) is 30.3 Å². The number of carbonyl (C=O) groups excluding carboxylic acids is 2. The van der Waals surface area contributed by atoms with Crippen LogP contribution in [0.2, 0.25) is 0 Å². The summed E-state index contributed by atoms with van der Waals surface area (Å²) in [5.41, 5.74) is -0.158. The molecule has 4 nitrogen and oxygen atoms in total. The number of hydrogen-bond acceptors (Lipinski definition) is 3. The Hall–Kier alpha value is -3.24. The fourth-order valence-electron chi connectivity index (χ4n) is 3.35. The Kier molecular flexibility index (Phi) is 3.90. The molecule has 0 aromatic heterocycles. The summed E-state index contributed by atoms with van der Waals surface area (Å²) in [5, 5.41) is 11.2. The number of carbonyl (C=O) groups is 2. The largest absolute Gasteiger partial charge is 0.369 e. The highest BCUT2D eigenvalue weighted by atomic mass is 16.3. The zero-order valence-electron chi connectivity index (χ0n) is 14.0. The van der Waals surface area contributed by atoms with Crippen molar-refractivity contribution in [1.82, 2.24) is 0 Å². The van der Waals surface area contributed by atoms with Crippen molar-refractivity contribution in [2.45, 2.75) is 12.1 Å². The number of rotatable bonds is 3. The number of para-hydroxylation sites is 1. The average Bonchev–Trinajstić information content (AvgIpc) is 2.71. The third-order valence-corrected chi connectivity index (χ3v) is 4.70. The van der Waals surface area contributed by atoms with Crippen LogP contribution < -0.4 is 4.90 Å². The van der Waals surface area contributed by atoms with Crippen molar-refractivity contribution in [1.29, 1.82) is 0 Å². The van der Waals surface area contributed by atoms with Gasteiger partial charge in [0.05, 0.1) is 12.2 Å². The molecule has 1 N–H and O–H groups in total. The van der Waals surface area contributed by atoms with Crippen molar-refractivity contribution >= 4 is 17.4 Å².